The summed E-state index contributed by atoms with van der Waals surface area (Å²) in [7, 11) is 0. The highest BCUT2D eigenvalue weighted by Gasteiger charge is 2.10. The molecule has 0 aromatic carbocycles. The zero-order chi connectivity index (χ0) is 10.2. The summed E-state index contributed by atoms with van der Waals surface area (Å²) in [6.07, 6.45) is 0. The Morgan fingerprint density at radius 3 is 2.29 bits per heavy atom. The van der Waals surface area contributed by atoms with Crippen LogP contribution in [0.15, 0.2) is 0 Å². The molecule has 82 valence electrons. The van der Waals surface area contributed by atoms with Gasteiger partial charge in [0.15, 0.2) is 0 Å². The maximum Gasteiger partial charge on any atom is 0.257 e. The van der Waals surface area contributed by atoms with Crippen molar-refractivity contribution < 1.29 is 10.0 Å². The highest BCUT2D eigenvalue weighted by Crippen LogP contribution is 1.87. The number of nitrogens with one attached hydrogen (secondary N) is 3. The standard InChI is InChI=1S/C8H18N4O2/c13-8(11-14)7-12-5-3-9-1-2-10-4-6-12/h9-10,14H,1-7H2,(H,11,13). The molecule has 6 heteroatoms. The molecule has 1 heterocycles. The van der Waals surface area contributed by atoms with Crippen molar-refractivity contribution in [2.75, 3.05) is 45.8 Å². The SMILES string of the molecule is O=C(CN1CCNCCNCC1)NO. The van der Waals surface area contributed by atoms with Crippen molar-refractivity contribution in [3.63, 3.8) is 0 Å². The Hall–Kier alpha value is -0.690. The molecule has 0 aromatic rings. The summed E-state index contributed by atoms with van der Waals surface area (Å²) in [5, 5.41) is 14.9. The third-order valence-corrected chi connectivity index (χ3v) is 2.18. The fourth-order valence-corrected chi connectivity index (χ4v) is 1.41. The lowest BCUT2D eigenvalue weighted by molar-refractivity contribution is -0.130. The number of carbonyl (C=O) groups excluding carboxylic acids is 1. The molecule has 0 atom stereocenters. The number of amides is 1. The van der Waals surface area contributed by atoms with Crippen LogP contribution in [0.2, 0.25) is 0 Å². The Kier molecular flexibility index (Phi) is 5.46. The predicted octanol–water partition coefficient (Wildman–Crippen LogP) is -2.01. The Morgan fingerprint density at radius 2 is 1.79 bits per heavy atom. The van der Waals surface area contributed by atoms with Gasteiger partial charge >= 0.3 is 0 Å². The first kappa shape index (κ1) is 11.4. The normalized spacial score (nSPS) is 20.6. The lowest BCUT2D eigenvalue weighted by Gasteiger charge is -2.19. The van der Waals surface area contributed by atoms with Crippen LogP contribution in [0.4, 0.5) is 0 Å². The number of rotatable bonds is 2. The van der Waals surface area contributed by atoms with Gasteiger partial charge < -0.3 is 10.6 Å². The maximum atomic E-state index is 10.9. The molecule has 1 aliphatic rings. The second-order valence-electron chi connectivity index (χ2n) is 3.31. The van der Waals surface area contributed by atoms with E-state index in [2.05, 4.69) is 10.6 Å². The molecule has 0 unspecified atom stereocenters. The number of hydrogen-bond donors (Lipinski definition) is 4. The minimum Gasteiger partial charge on any atom is -0.314 e. The second kappa shape index (κ2) is 6.72. The molecule has 0 spiro atoms. The maximum absolute atomic E-state index is 10.9. The highest BCUT2D eigenvalue weighted by molar-refractivity contribution is 5.76. The summed E-state index contributed by atoms with van der Waals surface area (Å²) < 4.78 is 0. The Balaban J connectivity index is 2.28. The van der Waals surface area contributed by atoms with Gasteiger partial charge in [0.1, 0.15) is 0 Å². The number of hydroxylamine groups is 1. The van der Waals surface area contributed by atoms with Gasteiger partial charge in [0, 0.05) is 39.3 Å². The average molecular weight is 202 g/mol. The number of nitrogens with zero attached hydrogens (tertiary/aromatic N) is 1. The van der Waals surface area contributed by atoms with Gasteiger partial charge in [-0.3, -0.25) is 14.9 Å². The van der Waals surface area contributed by atoms with Crippen molar-refractivity contribution >= 4 is 5.91 Å². The van der Waals surface area contributed by atoms with Crippen molar-refractivity contribution in [1.82, 2.24) is 21.0 Å². The quantitative estimate of drug-likeness (QED) is 0.307. The van der Waals surface area contributed by atoms with E-state index in [1.807, 2.05) is 4.90 Å². The zero-order valence-electron chi connectivity index (χ0n) is 8.25. The molecular formula is C8H18N4O2. The molecule has 0 bridgehead atoms. The van der Waals surface area contributed by atoms with Crippen molar-refractivity contribution in [3.05, 3.63) is 0 Å². The van der Waals surface area contributed by atoms with Crippen LogP contribution in [0.3, 0.4) is 0 Å². The Bertz CT molecular complexity index is 167. The van der Waals surface area contributed by atoms with Gasteiger partial charge in [0.2, 0.25) is 0 Å². The molecule has 0 aromatic heterocycles. The molecule has 1 rings (SSSR count). The van der Waals surface area contributed by atoms with E-state index < -0.39 is 0 Å². The van der Waals surface area contributed by atoms with Crippen LogP contribution in [0.25, 0.3) is 0 Å². The predicted molar refractivity (Wildman–Crippen MR) is 52.1 cm³/mol. The first-order valence-corrected chi connectivity index (χ1v) is 4.89. The first-order valence-electron chi connectivity index (χ1n) is 4.89. The smallest absolute Gasteiger partial charge is 0.257 e. The lowest BCUT2D eigenvalue weighted by Crippen LogP contribution is -2.41. The van der Waals surface area contributed by atoms with Gasteiger partial charge in [-0.15, -0.1) is 0 Å². The Morgan fingerprint density at radius 1 is 1.21 bits per heavy atom. The van der Waals surface area contributed by atoms with Gasteiger partial charge in [0.25, 0.3) is 5.91 Å². The molecule has 1 amide bonds. The van der Waals surface area contributed by atoms with Gasteiger partial charge in [-0.2, -0.15) is 0 Å². The summed E-state index contributed by atoms with van der Waals surface area (Å²) >= 11 is 0. The van der Waals surface area contributed by atoms with Crippen molar-refractivity contribution in [1.29, 1.82) is 0 Å². The summed E-state index contributed by atoms with van der Waals surface area (Å²) in [6, 6.07) is 0. The molecule has 14 heavy (non-hydrogen) atoms. The topological polar surface area (TPSA) is 76.6 Å². The van der Waals surface area contributed by atoms with Crippen LogP contribution in [-0.4, -0.2) is 61.8 Å². The average Bonchev–Trinajstić information content (AvgIpc) is 2.31. The van der Waals surface area contributed by atoms with E-state index in [-0.39, 0.29) is 12.5 Å². The van der Waals surface area contributed by atoms with E-state index >= 15 is 0 Å². The number of hydrogen-bond acceptors (Lipinski definition) is 5. The van der Waals surface area contributed by atoms with Crippen molar-refractivity contribution in [3.8, 4) is 0 Å². The van der Waals surface area contributed by atoms with Gasteiger partial charge in [-0.25, -0.2) is 5.48 Å². The molecule has 4 N–H and O–H groups in total. The van der Waals surface area contributed by atoms with Gasteiger partial charge in [-0.05, 0) is 0 Å². The van der Waals surface area contributed by atoms with Crippen molar-refractivity contribution in [2.24, 2.45) is 0 Å². The van der Waals surface area contributed by atoms with E-state index in [9.17, 15) is 4.79 Å². The van der Waals surface area contributed by atoms with Crippen LogP contribution in [0.1, 0.15) is 0 Å². The first-order chi connectivity index (χ1) is 6.83. The molecule has 0 radical (unpaired) electrons. The minimum atomic E-state index is -0.357. The molecule has 0 saturated carbocycles. The van der Waals surface area contributed by atoms with E-state index in [1.54, 1.807) is 5.48 Å². The van der Waals surface area contributed by atoms with E-state index in [0.29, 0.717) is 0 Å². The fourth-order valence-electron chi connectivity index (χ4n) is 1.41. The highest BCUT2D eigenvalue weighted by atomic mass is 16.5. The monoisotopic (exact) mass is 202 g/mol. The molecular weight excluding hydrogens is 184 g/mol. The van der Waals surface area contributed by atoms with Gasteiger partial charge in [-0.1, -0.05) is 0 Å². The van der Waals surface area contributed by atoms with Crippen LogP contribution in [0, 0.1) is 0 Å². The Labute approximate surface area is 83.6 Å². The molecule has 0 aliphatic carbocycles. The van der Waals surface area contributed by atoms with Crippen LogP contribution < -0.4 is 16.1 Å². The largest absolute Gasteiger partial charge is 0.314 e. The zero-order valence-corrected chi connectivity index (χ0v) is 8.25. The summed E-state index contributed by atoms with van der Waals surface area (Å²) in [6.45, 7) is 5.57. The lowest BCUT2D eigenvalue weighted by atomic mass is 10.4. The summed E-state index contributed by atoms with van der Waals surface area (Å²) in [5.41, 5.74) is 1.64. The third-order valence-electron chi connectivity index (χ3n) is 2.18. The molecule has 1 fully saturated rings. The summed E-state index contributed by atoms with van der Waals surface area (Å²) in [4.78, 5) is 12.9. The minimum absolute atomic E-state index is 0.250. The molecule has 1 aliphatic heterocycles. The molecule has 1 saturated heterocycles. The number of carbonyl (C=O) groups is 1. The van der Waals surface area contributed by atoms with E-state index in [1.165, 1.54) is 0 Å². The van der Waals surface area contributed by atoms with Gasteiger partial charge in [0.05, 0.1) is 6.54 Å². The fraction of sp³-hybridized carbons (Fsp3) is 0.875. The van der Waals surface area contributed by atoms with Crippen LogP contribution >= 0.6 is 0 Å². The van der Waals surface area contributed by atoms with E-state index in [0.717, 1.165) is 39.3 Å². The third kappa shape index (κ3) is 4.52. The van der Waals surface area contributed by atoms with Crippen LogP contribution in [0.5, 0.6) is 0 Å². The molecule has 6 nitrogen and oxygen atoms in total. The summed E-state index contributed by atoms with van der Waals surface area (Å²) in [5.74, 6) is -0.357. The van der Waals surface area contributed by atoms with Crippen molar-refractivity contribution in [2.45, 2.75) is 0 Å². The van der Waals surface area contributed by atoms with E-state index in [4.69, 9.17) is 5.21 Å². The van der Waals surface area contributed by atoms with Crippen LogP contribution in [-0.2, 0) is 4.79 Å². The second-order valence-corrected chi connectivity index (χ2v) is 3.31.